The van der Waals surface area contributed by atoms with Crippen LogP contribution < -0.4 is 16.4 Å². The SMILES string of the molecule is CC(=O)NCCC=Cc1cccc(NC(N)=O)c1. The van der Waals surface area contributed by atoms with Crippen molar-refractivity contribution < 1.29 is 9.59 Å². The highest BCUT2D eigenvalue weighted by Gasteiger charge is 1.95. The van der Waals surface area contributed by atoms with Gasteiger partial charge in [-0.3, -0.25) is 4.79 Å². The van der Waals surface area contributed by atoms with E-state index in [9.17, 15) is 9.59 Å². The van der Waals surface area contributed by atoms with Crippen LogP contribution in [-0.4, -0.2) is 18.5 Å². The van der Waals surface area contributed by atoms with Crippen LogP contribution in [0.4, 0.5) is 10.5 Å². The van der Waals surface area contributed by atoms with Gasteiger partial charge in [0.15, 0.2) is 0 Å². The maximum atomic E-state index is 10.7. The molecule has 0 aliphatic carbocycles. The molecule has 0 bridgehead atoms. The molecule has 4 N–H and O–H groups in total. The summed E-state index contributed by atoms with van der Waals surface area (Å²) in [5.74, 6) is -0.0314. The Bertz CT molecular complexity index is 455. The Morgan fingerprint density at radius 3 is 2.83 bits per heavy atom. The minimum atomic E-state index is -0.582. The van der Waals surface area contributed by atoms with Crippen LogP contribution in [0.1, 0.15) is 18.9 Å². The molecule has 0 saturated carbocycles. The normalized spacial score (nSPS) is 10.3. The van der Waals surface area contributed by atoms with E-state index >= 15 is 0 Å². The van der Waals surface area contributed by atoms with Gasteiger partial charge in [0.1, 0.15) is 0 Å². The first-order valence-electron chi connectivity index (χ1n) is 5.65. The number of hydrogen-bond donors (Lipinski definition) is 3. The first-order chi connectivity index (χ1) is 8.58. The fourth-order valence-corrected chi connectivity index (χ4v) is 1.41. The van der Waals surface area contributed by atoms with Crippen LogP contribution in [0.15, 0.2) is 30.3 Å². The number of carbonyl (C=O) groups is 2. The Morgan fingerprint density at radius 1 is 1.39 bits per heavy atom. The number of benzene rings is 1. The number of nitrogens with two attached hydrogens (primary N) is 1. The number of urea groups is 1. The summed E-state index contributed by atoms with van der Waals surface area (Å²) in [4.78, 5) is 21.3. The second-order valence-electron chi connectivity index (χ2n) is 3.79. The first kappa shape index (κ1) is 13.8. The summed E-state index contributed by atoms with van der Waals surface area (Å²) >= 11 is 0. The van der Waals surface area contributed by atoms with E-state index in [0.717, 1.165) is 12.0 Å². The molecule has 0 aliphatic rings. The van der Waals surface area contributed by atoms with Gasteiger partial charge in [0, 0.05) is 19.2 Å². The Labute approximate surface area is 106 Å². The molecule has 0 heterocycles. The van der Waals surface area contributed by atoms with E-state index in [1.165, 1.54) is 6.92 Å². The highest BCUT2D eigenvalue weighted by Crippen LogP contribution is 2.11. The molecule has 0 saturated heterocycles. The van der Waals surface area contributed by atoms with Gasteiger partial charge >= 0.3 is 6.03 Å². The van der Waals surface area contributed by atoms with Crippen molar-refractivity contribution in [2.24, 2.45) is 5.73 Å². The molecule has 0 aliphatic heterocycles. The summed E-state index contributed by atoms with van der Waals surface area (Å²) < 4.78 is 0. The molecule has 0 atom stereocenters. The van der Waals surface area contributed by atoms with Crippen LogP contribution >= 0.6 is 0 Å². The third-order valence-electron chi connectivity index (χ3n) is 2.15. The number of rotatable bonds is 5. The molecule has 96 valence electrons. The molecule has 5 nitrogen and oxygen atoms in total. The van der Waals surface area contributed by atoms with Gasteiger partial charge in [0.25, 0.3) is 0 Å². The molecule has 1 aromatic carbocycles. The molecule has 0 unspecified atom stereocenters. The summed E-state index contributed by atoms with van der Waals surface area (Å²) in [6, 6.07) is 6.75. The number of amides is 3. The highest BCUT2D eigenvalue weighted by atomic mass is 16.2. The Kier molecular flexibility index (Phi) is 5.44. The fourth-order valence-electron chi connectivity index (χ4n) is 1.41. The molecular weight excluding hydrogens is 230 g/mol. The lowest BCUT2D eigenvalue weighted by Crippen LogP contribution is -2.20. The van der Waals surface area contributed by atoms with Crippen LogP contribution in [0.25, 0.3) is 6.08 Å². The predicted molar refractivity (Wildman–Crippen MR) is 72.0 cm³/mol. The Balaban J connectivity index is 2.48. The third-order valence-corrected chi connectivity index (χ3v) is 2.15. The molecule has 0 aromatic heterocycles. The Hall–Kier alpha value is -2.30. The predicted octanol–water partition coefficient (Wildman–Crippen LogP) is 1.72. The molecular formula is C13H17N3O2. The lowest BCUT2D eigenvalue weighted by Gasteiger charge is -2.02. The lowest BCUT2D eigenvalue weighted by molar-refractivity contribution is -0.118. The number of nitrogens with one attached hydrogen (secondary N) is 2. The number of anilines is 1. The van der Waals surface area contributed by atoms with Crippen molar-refractivity contribution in [3.63, 3.8) is 0 Å². The molecule has 18 heavy (non-hydrogen) atoms. The van der Waals surface area contributed by atoms with E-state index < -0.39 is 6.03 Å². The second-order valence-corrected chi connectivity index (χ2v) is 3.79. The fraction of sp³-hybridized carbons (Fsp3) is 0.231. The average Bonchev–Trinajstić information content (AvgIpc) is 2.27. The minimum absolute atomic E-state index is 0.0314. The van der Waals surface area contributed by atoms with Gasteiger partial charge in [-0.1, -0.05) is 24.3 Å². The van der Waals surface area contributed by atoms with Crippen LogP contribution in [0.2, 0.25) is 0 Å². The molecule has 0 fully saturated rings. The molecule has 1 rings (SSSR count). The van der Waals surface area contributed by atoms with Gasteiger partial charge in [-0.05, 0) is 24.1 Å². The van der Waals surface area contributed by atoms with Crippen molar-refractivity contribution in [1.29, 1.82) is 0 Å². The van der Waals surface area contributed by atoms with Crippen molar-refractivity contribution in [3.8, 4) is 0 Å². The quantitative estimate of drug-likeness (QED) is 0.692. The highest BCUT2D eigenvalue weighted by molar-refractivity contribution is 5.88. The topological polar surface area (TPSA) is 84.2 Å². The van der Waals surface area contributed by atoms with Gasteiger partial charge in [-0.15, -0.1) is 0 Å². The van der Waals surface area contributed by atoms with E-state index in [1.54, 1.807) is 6.07 Å². The van der Waals surface area contributed by atoms with Gasteiger partial charge in [-0.25, -0.2) is 4.79 Å². The minimum Gasteiger partial charge on any atom is -0.356 e. The summed E-state index contributed by atoms with van der Waals surface area (Å²) in [5, 5.41) is 5.22. The summed E-state index contributed by atoms with van der Waals surface area (Å²) in [7, 11) is 0. The summed E-state index contributed by atoms with van der Waals surface area (Å²) in [6.45, 7) is 2.10. The summed E-state index contributed by atoms with van der Waals surface area (Å²) in [5.41, 5.74) is 6.66. The van der Waals surface area contributed by atoms with Gasteiger partial charge in [0.05, 0.1) is 0 Å². The van der Waals surface area contributed by atoms with Gasteiger partial charge in [-0.2, -0.15) is 0 Å². The number of primary amides is 1. The lowest BCUT2D eigenvalue weighted by atomic mass is 10.2. The number of carbonyl (C=O) groups excluding carboxylic acids is 2. The van der Waals surface area contributed by atoms with Gasteiger partial charge in [0.2, 0.25) is 5.91 Å². The second kappa shape index (κ2) is 7.11. The van der Waals surface area contributed by atoms with Crippen LogP contribution in [0.5, 0.6) is 0 Å². The van der Waals surface area contributed by atoms with E-state index in [4.69, 9.17) is 5.73 Å². The average molecular weight is 247 g/mol. The molecule has 0 radical (unpaired) electrons. The van der Waals surface area contributed by atoms with Crippen molar-refractivity contribution >= 4 is 23.7 Å². The van der Waals surface area contributed by atoms with Gasteiger partial charge < -0.3 is 16.4 Å². The zero-order chi connectivity index (χ0) is 13.4. The standard InChI is InChI=1S/C13H17N3O2/c1-10(17)15-8-3-2-5-11-6-4-7-12(9-11)16-13(14)18/h2,4-7,9H,3,8H2,1H3,(H,15,17)(H3,14,16,18). The molecule has 1 aromatic rings. The van der Waals surface area contributed by atoms with Crippen LogP contribution in [0, 0.1) is 0 Å². The monoisotopic (exact) mass is 247 g/mol. The van der Waals surface area contributed by atoms with E-state index in [0.29, 0.717) is 12.2 Å². The largest absolute Gasteiger partial charge is 0.356 e. The van der Waals surface area contributed by atoms with Crippen molar-refractivity contribution in [2.75, 3.05) is 11.9 Å². The van der Waals surface area contributed by atoms with E-state index in [-0.39, 0.29) is 5.91 Å². The van der Waals surface area contributed by atoms with Crippen LogP contribution in [0.3, 0.4) is 0 Å². The smallest absolute Gasteiger partial charge is 0.316 e. The van der Waals surface area contributed by atoms with Crippen molar-refractivity contribution in [3.05, 3.63) is 35.9 Å². The third kappa shape index (κ3) is 5.69. The zero-order valence-corrected chi connectivity index (χ0v) is 10.3. The molecule has 5 heteroatoms. The molecule has 0 spiro atoms. The maximum Gasteiger partial charge on any atom is 0.316 e. The van der Waals surface area contributed by atoms with Crippen molar-refractivity contribution in [2.45, 2.75) is 13.3 Å². The Morgan fingerprint density at radius 2 is 2.17 bits per heavy atom. The molecule has 3 amide bonds. The zero-order valence-electron chi connectivity index (χ0n) is 10.3. The van der Waals surface area contributed by atoms with Crippen molar-refractivity contribution in [1.82, 2.24) is 5.32 Å². The van der Waals surface area contributed by atoms with E-state index in [1.807, 2.05) is 30.4 Å². The first-order valence-corrected chi connectivity index (χ1v) is 5.65. The maximum absolute atomic E-state index is 10.7. The van der Waals surface area contributed by atoms with Crippen LogP contribution in [-0.2, 0) is 4.79 Å². The number of hydrogen-bond acceptors (Lipinski definition) is 2. The summed E-state index contributed by atoms with van der Waals surface area (Å²) in [6.07, 6.45) is 4.64. The van der Waals surface area contributed by atoms with E-state index in [2.05, 4.69) is 10.6 Å².